The van der Waals surface area contributed by atoms with Gasteiger partial charge in [0, 0.05) is 15.7 Å². The first-order valence-electron chi connectivity index (χ1n) is 9.60. The Bertz CT molecular complexity index is 1230. The van der Waals surface area contributed by atoms with Gasteiger partial charge in [0.15, 0.2) is 11.0 Å². The molecular formula is C23H18BrN5O2S. The third-order valence-corrected chi connectivity index (χ3v) is 5.84. The van der Waals surface area contributed by atoms with Crippen LogP contribution in [0.25, 0.3) is 17.1 Å². The summed E-state index contributed by atoms with van der Waals surface area (Å²) in [6.45, 7) is 0. The number of aromatic nitrogens is 3. The molecule has 0 fully saturated rings. The number of halogens is 1. The average molecular weight is 508 g/mol. The van der Waals surface area contributed by atoms with E-state index in [9.17, 15) is 9.90 Å². The summed E-state index contributed by atoms with van der Waals surface area (Å²) in [7, 11) is 0. The topological polar surface area (TPSA) is 92.4 Å². The molecule has 2 N–H and O–H groups in total. The van der Waals surface area contributed by atoms with Crippen LogP contribution in [0.1, 0.15) is 5.56 Å². The molecule has 1 aromatic heterocycles. The molecule has 160 valence electrons. The summed E-state index contributed by atoms with van der Waals surface area (Å²) in [4.78, 5) is 12.3. The minimum atomic E-state index is -0.266. The lowest BCUT2D eigenvalue weighted by atomic mass is 10.2. The predicted molar refractivity (Wildman–Crippen MR) is 129 cm³/mol. The molecule has 0 spiro atoms. The molecule has 0 bridgehead atoms. The van der Waals surface area contributed by atoms with Crippen LogP contribution in [0.3, 0.4) is 0 Å². The molecule has 0 aliphatic carbocycles. The van der Waals surface area contributed by atoms with E-state index in [0.717, 1.165) is 21.3 Å². The van der Waals surface area contributed by atoms with E-state index in [1.165, 1.54) is 18.0 Å². The van der Waals surface area contributed by atoms with Gasteiger partial charge in [0.1, 0.15) is 5.75 Å². The van der Waals surface area contributed by atoms with Gasteiger partial charge in [-0.2, -0.15) is 5.10 Å². The summed E-state index contributed by atoms with van der Waals surface area (Å²) in [5.41, 5.74) is 5.09. The number of amides is 1. The number of hydrazone groups is 1. The van der Waals surface area contributed by atoms with Gasteiger partial charge in [-0.25, -0.2) is 5.43 Å². The van der Waals surface area contributed by atoms with Crippen molar-refractivity contribution in [2.24, 2.45) is 5.10 Å². The quantitative estimate of drug-likeness (QED) is 0.216. The molecule has 0 radical (unpaired) electrons. The standard InChI is InChI=1S/C23H18BrN5O2S/c24-18-10-8-17(9-11-18)22-27-28-23(29(22)19-4-2-1-3-5-19)32-15-21(31)26-25-14-16-6-12-20(30)13-7-16/h1-14,30H,15H2,(H,26,31). The van der Waals surface area contributed by atoms with E-state index in [1.807, 2.05) is 59.2 Å². The SMILES string of the molecule is O=C(CSc1nnc(-c2ccc(Br)cc2)n1-c1ccccc1)NN=Cc1ccc(O)cc1. The molecule has 32 heavy (non-hydrogen) atoms. The Labute approximate surface area is 197 Å². The first kappa shape index (κ1) is 21.8. The first-order valence-corrected chi connectivity index (χ1v) is 11.4. The molecule has 7 nitrogen and oxygen atoms in total. The zero-order valence-corrected chi connectivity index (χ0v) is 19.1. The number of carbonyl (C=O) groups excluding carboxylic acids is 1. The highest BCUT2D eigenvalue weighted by atomic mass is 79.9. The third-order valence-electron chi connectivity index (χ3n) is 4.38. The predicted octanol–water partition coefficient (Wildman–Crippen LogP) is 4.64. The van der Waals surface area contributed by atoms with E-state index in [4.69, 9.17) is 0 Å². The Morgan fingerprint density at radius 2 is 1.75 bits per heavy atom. The van der Waals surface area contributed by atoms with E-state index < -0.39 is 0 Å². The largest absolute Gasteiger partial charge is 0.508 e. The maximum absolute atomic E-state index is 12.3. The van der Waals surface area contributed by atoms with Crippen molar-refractivity contribution in [3.63, 3.8) is 0 Å². The highest BCUT2D eigenvalue weighted by molar-refractivity contribution is 9.10. The number of nitrogens with zero attached hydrogens (tertiary/aromatic N) is 4. The zero-order valence-electron chi connectivity index (χ0n) is 16.7. The van der Waals surface area contributed by atoms with Crippen molar-refractivity contribution in [1.29, 1.82) is 0 Å². The fraction of sp³-hybridized carbons (Fsp3) is 0.0435. The van der Waals surface area contributed by atoms with Crippen LogP contribution < -0.4 is 5.43 Å². The molecule has 0 aliphatic rings. The number of phenolic OH excluding ortho intramolecular Hbond substituents is 1. The van der Waals surface area contributed by atoms with Gasteiger partial charge in [-0.05, 0) is 54.1 Å². The van der Waals surface area contributed by atoms with Crippen molar-refractivity contribution in [3.8, 4) is 22.8 Å². The molecular weight excluding hydrogens is 490 g/mol. The lowest BCUT2D eigenvalue weighted by Gasteiger charge is -2.10. The molecule has 1 heterocycles. The Morgan fingerprint density at radius 1 is 1.03 bits per heavy atom. The Hall–Kier alpha value is -3.43. The molecule has 4 rings (SSSR count). The second-order valence-corrected chi connectivity index (χ2v) is 8.52. The zero-order chi connectivity index (χ0) is 22.3. The van der Waals surface area contributed by atoms with Crippen molar-refractivity contribution >= 4 is 39.8 Å². The minimum Gasteiger partial charge on any atom is -0.508 e. The van der Waals surface area contributed by atoms with E-state index in [2.05, 4.69) is 36.7 Å². The van der Waals surface area contributed by atoms with Gasteiger partial charge in [0.2, 0.25) is 0 Å². The smallest absolute Gasteiger partial charge is 0.250 e. The lowest BCUT2D eigenvalue weighted by molar-refractivity contribution is -0.118. The minimum absolute atomic E-state index is 0.123. The average Bonchev–Trinajstić information content (AvgIpc) is 3.24. The van der Waals surface area contributed by atoms with Gasteiger partial charge in [-0.1, -0.05) is 58.0 Å². The van der Waals surface area contributed by atoms with Gasteiger partial charge in [0.25, 0.3) is 5.91 Å². The van der Waals surface area contributed by atoms with Gasteiger partial charge < -0.3 is 5.11 Å². The number of phenols is 1. The van der Waals surface area contributed by atoms with E-state index in [0.29, 0.717) is 11.0 Å². The van der Waals surface area contributed by atoms with Crippen molar-refractivity contribution in [1.82, 2.24) is 20.2 Å². The van der Waals surface area contributed by atoms with Crippen LogP contribution in [0.4, 0.5) is 0 Å². The van der Waals surface area contributed by atoms with Crippen molar-refractivity contribution < 1.29 is 9.90 Å². The number of para-hydroxylation sites is 1. The van der Waals surface area contributed by atoms with E-state index in [1.54, 1.807) is 24.3 Å². The molecule has 1 amide bonds. The van der Waals surface area contributed by atoms with Crippen LogP contribution in [-0.2, 0) is 4.79 Å². The number of nitrogens with one attached hydrogen (secondary N) is 1. The van der Waals surface area contributed by atoms with Gasteiger partial charge in [-0.15, -0.1) is 10.2 Å². The molecule has 0 saturated heterocycles. The lowest BCUT2D eigenvalue weighted by Crippen LogP contribution is -2.20. The number of hydrogen-bond acceptors (Lipinski definition) is 6. The Balaban J connectivity index is 1.49. The van der Waals surface area contributed by atoms with Crippen molar-refractivity contribution in [2.45, 2.75) is 5.16 Å². The highest BCUT2D eigenvalue weighted by Crippen LogP contribution is 2.28. The molecule has 4 aromatic rings. The maximum atomic E-state index is 12.3. The molecule has 9 heteroatoms. The van der Waals surface area contributed by atoms with Gasteiger partial charge in [0.05, 0.1) is 12.0 Å². The van der Waals surface area contributed by atoms with Crippen LogP contribution in [-0.4, -0.2) is 37.7 Å². The number of carbonyl (C=O) groups is 1. The summed E-state index contributed by atoms with van der Waals surface area (Å²) < 4.78 is 2.91. The molecule has 3 aromatic carbocycles. The maximum Gasteiger partial charge on any atom is 0.250 e. The number of benzene rings is 3. The van der Waals surface area contributed by atoms with Crippen LogP contribution in [0.15, 0.2) is 93.6 Å². The second-order valence-electron chi connectivity index (χ2n) is 6.66. The van der Waals surface area contributed by atoms with Crippen molar-refractivity contribution in [3.05, 3.63) is 88.9 Å². The van der Waals surface area contributed by atoms with Crippen LogP contribution >= 0.6 is 27.7 Å². The fourth-order valence-electron chi connectivity index (χ4n) is 2.86. The third kappa shape index (κ3) is 5.43. The van der Waals surface area contributed by atoms with Gasteiger partial charge >= 0.3 is 0 Å². The highest BCUT2D eigenvalue weighted by Gasteiger charge is 2.17. The normalized spacial score (nSPS) is 11.0. The molecule has 0 unspecified atom stereocenters. The second kappa shape index (κ2) is 10.3. The number of rotatable bonds is 7. The Morgan fingerprint density at radius 3 is 2.47 bits per heavy atom. The number of thioether (sulfide) groups is 1. The monoisotopic (exact) mass is 507 g/mol. The summed E-state index contributed by atoms with van der Waals surface area (Å²) >= 11 is 4.73. The summed E-state index contributed by atoms with van der Waals surface area (Å²) in [6.07, 6.45) is 1.51. The van der Waals surface area contributed by atoms with Gasteiger partial charge in [-0.3, -0.25) is 9.36 Å². The number of aromatic hydroxyl groups is 1. The van der Waals surface area contributed by atoms with Crippen LogP contribution in [0, 0.1) is 0 Å². The summed E-state index contributed by atoms with van der Waals surface area (Å²) in [6, 6.07) is 24.1. The molecule has 0 saturated carbocycles. The number of hydrogen-bond donors (Lipinski definition) is 2. The van der Waals surface area contributed by atoms with Crippen LogP contribution in [0.5, 0.6) is 5.75 Å². The summed E-state index contributed by atoms with van der Waals surface area (Å²) in [5.74, 6) is 0.723. The molecule has 0 aliphatic heterocycles. The van der Waals surface area contributed by atoms with Crippen LogP contribution in [0.2, 0.25) is 0 Å². The fourth-order valence-corrected chi connectivity index (χ4v) is 3.87. The van der Waals surface area contributed by atoms with E-state index in [-0.39, 0.29) is 17.4 Å². The van der Waals surface area contributed by atoms with E-state index >= 15 is 0 Å². The summed E-state index contributed by atoms with van der Waals surface area (Å²) in [5, 5.41) is 22.6. The molecule has 0 atom stereocenters. The first-order chi connectivity index (χ1) is 15.6. The van der Waals surface area contributed by atoms with Crippen molar-refractivity contribution in [2.75, 3.05) is 5.75 Å². The Kier molecular flexibility index (Phi) is 6.98.